The van der Waals surface area contributed by atoms with Gasteiger partial charge in [0.05, 0.1) is 17.5 Å². The van der Waals surface area contributed by atoms with Crippen molar-refractivity contribution in [2.45, 2.75) is 51.7 Å². The molecule has 0 aliphatic heterocycles. The van der Waals surface area contributed by atoms with Crippen molar-refractivity contribution in [3.05, 3.63) is 11.4 Å². The van der Waals surface area contributed by atoms with Crippen LogP contribution in [0.15, 0.2) is 4.90 Å². The highest BCUT2D eigenvalue weighted by Gasteiger charge is 2.24. The summed E-state index contributed by atoms with van der Waals surface area (Å²) in [5, 5.41) is 4.29. The molecule has 1 aromatic rings. The van der Waals surface area contributed by atoms with Gasteiger partial charge in [0.25, 0.3) is 0 Å². The van der Waals surface area contributed by atoms with Crippen LogP contribution in [-0.4, -0.2) is 44.0 Å². The first-order valence-corrected chi connectivity index (χ1v) is 8.67. The van der Waals surface area contributed by atoms with Gasteiger partial charge in [0.15, 0.2) is 0 Å². The van der Waals surface area contributed by atoms with Gasteiger partial charge in [-0.15, -0.1) is 0 Å². The van der Waals surface area contributed by atoms with Gasteiger partial charge in [-0.25, -0.2) is 13.1 Å². The van der Waals surface area contributed by atoms with Crippen molar-refractivity contribution in [2.75, 3.05) is 19.7 Å². The molecule has 0 radical (unpaired) electrons. The highest BCUT2D eigenvalue weighted by molar-refractivity contribution is 7.89. The summed E-state index contributed by atoms with van der Waals surface area (Å²) in [5.41, 5.74) is 6.62. The second-order valence-corrected chi connectivity index (χ2v) is 6.69. The average molecular weight is 318 g/mol. The lowest BCUT2D eigenvalue weighted by Crippen LogP contribution is -2.32. The largest absolute Gasteiger partial charge is 0.377 e. The molecule has 0 bridgehead atoms. The molecule has 0 aliphatic carbocycles. The number of hydrogen-bond donors (Lipinski definition) is 2. The minimum Gasteiger partial charge on any atom is -0.377 e. The van der Waals surface area contributed by atoms with Crippen LogP contribution in [0.2, 0.25) is 0 Å². The molecule has 122 valence electrons. The maximum atomic E-state index is 12.4. The Morgan fingerprint density at radius 3 is 2.67 bits per heavy atom. The van der Waals surface area contributed by atoms with Crippen LogP contribution in [0.5, 0.6) is 0 Å². The van der Waals surface area contributed by atoms with Gasteiger partial charge in [-0.05, 0) is 40.7 Å². The van der Waals surface area contributed by atoms with E-state index in [1.54, 1.807) is 18.5 Å². The van der Waals surface area contributed by atoms with Crippen LogP contribution in [-0.2, 0) is 21.3 Å². The summed E-state index contributed by atoms with van der Waals surface area (Å²) >= 11 is 0. The number of aryl methyl sites for hydroxylation is 2. The van der Waals surface area contributed by atoms with Crippen LogP contribution in [0.4, 0.5) is 0 Å². The van der Waals surface area contributed by atoms with Gasteiger partial charge in [0.1, 0.15) is 4.90 Å². The van der Waals surface area contributed by atoms with E-state index < -0.39 is 10.0 Å². The first-order chi connectivity index (χ1) is 9.83. The van der Waals surface area contributed by atoms with Gasteiger partial charge in [0.2, 0.25) is 10.0 Å². The Hall–Kier alpha value is -0.960. The number of rotatable bonds is 9. The van der Waals surface area contributed by atoms with Crippen molar-refractivity contribution in [2.24, 2.45) is 5.73 Å². The van der Waals surface area contributed by atoms with Crippen molar-refractivity contribution in [3.8, 4) is 0 Å². The second-order valence-electron chi connectivity index (χ2n) is 4.98. The van der Waals surface area contributed by atoms with Crippen molar-refractivity contribution in [1.82, 2.24) is 14.5 Å². The third kappa shape index (κ3) is 4.77. The number of ether oxygens (including phenoxy) is 1. The van der Waals surface area contributed by atoms with Gasteiger partial charge in [-0.3, -0.25) is 4.68 Å². The van der Waals surface area contributed by atoms with Gasteiger partial charge in [-0.1, -0.05) is 0 Å². The minimum absolute atomic E-state index is 0.169. The fourth-order valence-electron chi connectivity index (χ4n) is 2.17. The molecule has 21 heavy (non-hydrogen) atoms. The Bertz CT molecular complexity index is 554. The molecule has 3 N–H and O–H groups in total. The summed E-state index contributed by atoms with van der Waals surface area (Å²) in [7, 11) is -3.58. The number of nitrogens with two attached hydrogens (primary N) is 1. The predicted octanol–water partition coefficient (Wildman–Crippen LogP) is 0.552. The fourth-order valence-corrected chi connectivity index (χ4v) is 3.69. The molecular formula is C13H26N4O3S. The van der Waals surface area contributed by atoms with Gasteiger partial charge in [0, 0.05) is 19.7 Å². The predicted molar refractivity (Wildman–Crippen MR) is 81.6 cm³/mol. The van der Waals surface area contributed by atoms with Crippen LogP contribution in [0.25, 0.3) is 0 Å². The van der Waals surface area contributed by atoms with E-state index in [4.69, 9.17) is 10.5 Å². The molecule has 1 heterocycles. The van der Waals surface area contributed by atoms with Crippen LogP contribution >= 0.6 is 0 Å². The quantitative estimate of drug-likeness (QED) is 0.693. The third-order valence-corrected chi connectivity index (χ3v) is 4.84. The van der Waals surface area contributed by atoms with E-state index in [2.05, 4.69) is 9.82 Å². The number of sulfonamides is 1. The SMILES string of the molecule is CCOC(C)CNS(=O)(=O)c1c(C)nn(CCCN)c1C. The van der Waals surface area contributed by atoms with Gasteiger partial charge >= 0.3 is 0 Å². The Kier molecular flexibility index (Phi) is 6.79. The Labute approximate surface area is 126 Å². The summed E-state index contributed by atoms with van der Waals surface area (Å²) in [5.74, 6) is 0. The van der Waals surface area contributed by atoms with Crippen LogP contribution < -0.4 is 10.5 Å². The van der Waals surface area contributed by atoms with E-state index >= 15 is 0 Å². The van der Waals surface area contributed by atoms with Crippen molar-refractivity contribution >= 4 is 10.0 Å². The zero-order valence-corrected chi connectivity index (χ0v) is 14.0. The molecule has 0 saturated carbocycles. The summed E-state index contributed by atoms with van der Waals surface area (Å²) in [6.07, 6.45) is 0.591. The molecule has 0 aliphatic rings. The number of aromatic nitrogens is 2. The normalized spacial score (nSPS) is 13.6. The average Bonchev–Trinajstić information content (AvgIpc) is 2.70. The molecule has 0 amide bonds. The molecule has 1 rings (SSSR count). The lowest BCUT2D eigenvalue weighted by atomic mass is 10.4. The molecule has 0 spiro atoms. The maximum Gasteiger partial charge on any atom is 0.244 e. The lowest BCUT2D eigenvalue weighted by molar-refractivity contribution is 0.0799. The summed E-state index contributed by atoms with van der Waals surface area (Å²) in [4.78, 5) is 0.253. The molecule has 0 saturated heterocycles. The minimum atomic E-state index is -3.58. The molecule has 1 aromatic heterocycles. The number of nitrogens with zero attached hydrogens (tertiary/aromatic N) is 2. The first kappa shape index (κ1) is 18.1. The van der Waals surface area contributed by atoms with E-state index in [1.807, 2.05) is 13.8 Å². The molecule has 7 nitrogen and oxygen atoms in total. The van der Waals surface area contributed by atoms with E-state index in [9.17, 15) is 8.42 Å². The zero-order valence-electron chi connectivity index (χ0n) is 13.2. The third-order valence-electron chi connectivity index (χ3n) is 3.17. The van der Waals surface area contributed by atoms with Crippen molar-refractivity contribution < 1.29 is 13.2 Å². The van der Waals surface area contributed by atoms with E-state index in [1.165, 1.54) is 0 Å². The van der Waals surface area contributed by atoms with E-state index in [-0.39, 0.29) is 17.5 Å². The molecular weight excluding hydrogens is 292 g/mol. The maximum absolute atomic E-state index is 12.4. The monoisotopic (exact) mass is 318 g/mol. The van der Waals surface area contributed by atoms with Crippen LogP contribution in [0.1, 0.15) is 31.7 Å². The van der Waals surface area contributed by atoms with Crippen molar-refractivity contribution in [3.63, 3.8) is 0 Å². The smallest absolute Gasteiger partial charge is 0.244 e. The van der Waals surface area contributed by atoms with Crippen molar-refractivity contribution in [1.29, 1.82) is 0 Å². The molecule has 8 heteroatoms. The first-order valence-electron chi connectivity index (χ1n) is 7.18. The topological polar surface area (TPSA) is 99.2 Å². The fraction of sp³-hybridized carbons (Fsp3) is 0.769. The summed E-state index contributed by atoms with van der Waals surface area (Å²) in [6.45, 7) is 9.13. The molecule has 0 aromatic carbocycles. The Balaban J connectivity index is 2.90. The van der Waals surface area contributed by atoms with Crippen LogP contribution in [0, 0.1) is 13.8 Å². The molecule has 1 unspecified atom stereocenters. The molecule has 1 atom stereocenters. The second kappa shape index (κ2) is 7.88. The highest BCUT2D eigenvalue weighted by Crippen LogP contribution is 2.19. The van der Waals surface area contributed by atoms with E-state index in [0.29, 0.717) is 31.1 Å². The standard InChI is InChI=1S/C13H26N4O3S/c1-5-20-10(2)9-15-21(18,19)13-11(3)16-17(12(13)4)8-6-7-14/h10,15H,5-9,14H2,1-4H3. The van der Waals surface area contributed by atoms with Gasteiger partial charge < -0.3 is 10.5 Å². The Morgan fingerprint density at radius 1 is 1.43 bits per heavy atom. The number of nitrogens with one attached hydrogen (secondary N) is 1. The lowest BCUT2D eigenvalue weighted by Gasteiger charge is -2.13. The number of hydrogen-bond acceptors (Lipinski definition) is 5. The summed E-state index contributed by atoms with van der Waals surface area (Å²) in [6, 6.07) is 0. The van der Waals surface area contributed by atoms with E-state index in [0.717, 1.165) is 6.42 Å². The highest BCUT2D eigenvalue weighted by atomic mass is 32.2. The molecule has 0 fully saturated rings. The van der Waals surface area contributed by atoms with Crippen LogP contribution in [0.3, 0.4) is 0 Å². The zero-order chi connectivity index (χ0) is 16.0. The summed E-state index contributed by atoms with van der Waals surface area (Å²) < 4.78 is 34.5. The Morgan fingerprint density at radius 2 is 2.10 bits per heavy atom. The van der Waals surface area contributed by atoms with Gasteiger partial charge in [-0.2, -0.15) is 5.10 Å².